The summed E-state index contributed by atoms with van der Waals surface area (Å²) < 4.78 is 27.3. The highest BCUT2D eigenvalue weighted by Crippen LogP contribution is 2.24. The van der Waals surface area contributed by atoms with Crippen LogP contribution in [-0.4, -0.2) is 50.2 Å². The number of nitrogens with zero attached hydrogens (tertiary/aromatic N) is 4. The van der Waals surface area contributed by atoms with Gasteiger partial charge in [0.2, 0.25) is 0 Å². The van der Waals surface area contributed by atoms with Gasteiger partial charge in [-0.05, 0) is 48.9 Å². The van der Waals surface area contributed by atoms with Gasteiger partial charge in [0.1, 0.15) is 17.5 Å². The standard InChI is InChI=1S/C24H32F2N6.HI/c1-17-7-10-31(11-8-17)23-6-3-18(14-28-23)15-29-24(27-2)30-20-9-12-32(16-20)22-5-4-19(25)13-21(22)26;/h3-6,13-14,17,20H,7-12,15-16H2,1-2H3,(H2,27,29,30);1H. The van der Waals surface area contributed by atoms with Gasteiger partial charge in [0.25, 0.3) is 0 Å². The molecule has 0 saturated carbocycles. The number of aromatic nitrogens is 1. The van der Waals surface area contributed by atoms with E-state index in [9.17, 15) is 8.78 Å². The molecule has 1 atom stereocenters. The Kier molecular flexibility index (Phi) is 9.10. The molecule has 2 saturated heterocycles. The molecule has 9 heteroatoms. The first kappa shape index (κ1) is 25.5. The summed E-state index contributed by atoms with van der Waals surface area (Å²) in [5.74, 6) is 1.46. The maximum absolute atomic E-state index is 14.1. The molecule has 2 fully saturated rings. The third-order valence-corrected chi connectivity index (χ3v) is 6.38. The highest BCUT2D eigenvalue weighted by molar-refractivity contribution is 14.0. The number of hydrogen-bond acceptors (Lipinski definition) is 4. The molecule has 6 nitrogen and oxygen atoms in total. The maximum atomic E-state index is 14.1. The van der Waals surface area contributed by atoms with E-state index in [-0.39, 0.29) is 30.0 Å². The van der Waals surface area contributed by atoms with Crippen molar-refractivity contribution in [3.63, 3.8) is 0 Å². The van der Waals surface area contributed by atoms with Gasteiger partial charge in [-0.25, -0.2) is 13.8 Å². The van der Waals surface area contributed by atoms with Crippen LogP contribution in [0, 0.1) is 17.6 Å². The van der Waals surface area contributed by atoms with E-state index in [0.29, 0.717) is 31.3 Å². The lowest BCUT2D eigenvalue weighted by atomic mass is 9.99. The number of rotatable bonds is 5. The summed E-state index contributed by atoms with van der Waals surface area (Å²) in [6, 6.07) is 8.06. The summed E-state index contributed by atoms with van der Waals surface area (Å²) in [6.07, 6.45) is 5.21. The number of piperidine rings is 1. The minimum atomic E-state index is -0.558. The lowest BCUT2D eigenvalue weighted by Gasteiger charge is -2.31. The zero-order chi connectivity index (χ0) is 22.5. The van der Waals surface area contributed by atoms with Crippen molar-refractivity contribution in [3.8, 4) is 0 Å². The van der Waals surface area contributed by atoms with Crippen molar-refractivity contribution in [2.24, 2.45) is 10.9 Å². The van der Waals surface area contributed by atoms with Crippen molar-refractivity contribution in [1.82, 2.24) is 15.6 Å². The Balaban J connectivity index is 0.00000306. The molecule has 4 rings (SSSR count). The van der Waals surface area contributed by atoms with Crippen LogP contribution in [0.15, 0.2) is 41.5 Å². The molecule has 0 radical (unpaired) electrons. The molecule has 33 heavy (non-hydrogen) atoms. The summed E-state index contributed by atoms with van der Waals surface area (Å²) in [6.45, 7) is 6.41. The Bertz CT molecular complexity index is 931. The Morgan fingerprint density at radius 1 is 1.09 bits per heavy atom. The largest absolute Gasteiger partial charge is 0.367 e. The highest BCUT2D eigenvalue weighted by Gasteiger charge is 2.25. The predicted molar refractivity (Wildman–Crippen MR) is 141 cm³/mol. The number of hydrogen-bond donors (Lipinski definition) is 2. The van der Waals surface area contributed by atoms with Crippen LogP contribution in [0.1, 0.15) is 31.7 Å². The smallest absolute Gasteiger partial charge is 0.191 e. The number of guanidine groups is 1. The van der Waals surface area contributed by atoms with Gasteiger partial charge in [-0.15, -0.1) is 24.0 Å². The molecule has 0 aliphatic carbocycles. The second-order valence-corrected chi connectivity index (χ2v) is 8.79. The van der Waals surface area contributed by atoms with Crippen LogP contribution in [0.4, 0.5) is 20.3 Å². The van der Waals surface area contributed by atoms with Crippen molar-refractivity contribution in [2.75, 3.05) is 43.0 Å². The lowest BCUT2D eigenvalue weighted by Crippen LogP contribution is -2.44. The van der Waals surface area contributed by atoms with E-state index in [2.05, 4.69) is 44.6 Å². The van der Waals surface area contributed by atoms with Gasteiger partial charge < -0.3 is 20.4 Å². The van der Waals surface area contributed by atoms with Crippen LogP contribution >= 0.6 is 24.0 Å². The normalized spacial score (nSPS) is 19.4. The van der Waals surface area contributed by atoms with E-state index >= 15 is 0 Å². The van der Waals surface area contributed by atoms with Gasteiger partial charge in [0.15, 0.2) is 5.96 Å². The monoisotopic (exact) mass is 570 g/mol. The van der Waals surface area contributed by atoms with Gasteiger partial charge >= 0.3 is 0 Å². The van der Waals surface area contributed by atoms with E-state index in [0.717, 1.165) is 42.9 Å². The Labute approximate surface area is 211 Å². The number of aliphatic imine (C=N–C) groups is 1. The Morgan fingerprint density at radius 3 is 2.52 bits per heavy atom. The van der Waals surface area contributed by atoms with Crippen LogP contribution in [0.5, 0.6) is 0 Å². The van der Waals surface area contributed by atoms with Gasteiger partial charge in [0, 0.05) is 58.1 Å². The van der Waals surface area contributed by atoms with Gasteiger partial charge in [-0.1, -0.05) is 13.0 Å². The second-order valence-electron chi connectivity index (χ2n) is 8.79. The Hall–Kier alpha value is -2.17. The van der Waals surface area contributed by atoms with E-state index < -0.39 is 11.6 Å². The molecule has 180 valence electrons. The van der Waals surface area contributed by atoms with Gasteiger partial charge in [-0.3, -0.25) is 4.99 Å². The fourth-order valence-corrected chi connectivity index (χ4v) is 4.35. The van der Waals surface area contributed by atoms with Crippen LogP contribution in [0.25, 0.3) is 0 Å². The summed E-state index contributed by atoms with van der Waals surface area (Å²) in [4.78, 5) is 13.3. The SMILES string of the molecule is CN=C(NCc1ccc(N2CCC(C)CC2)nc1)NC1CCN(c2ccc(F)cc2F)C1.I. The van der Waals surface area contributed by atoms with Crippen molar-refractivity contribution < 1.29 is 8.78 Å². The van der Waals surface area contributed by atoms with Gasteiger partial charge in [-0.2, -0.15) is 0 Å². The number of pyridine rings is 1. The molecule has 1 unspecified atom stereocenters. The van der Waals surface area contributed by atoms with E-state index in [4.69, 9.17) is 0 Å². The molecule has 2 aliphatic rings. The number of anilines is 2. The highest BCUT2D eigenvalue weighted by atomic mass is 127. The fourth-order valence-electron chi connectivity index (χ4n) is 4.35. The summed E-state index contributed by atoms with van der Waals surface area (Å²) in [7, 11) is 1.74. The van der Waals surface area contributed by atoms with Crippen LogP contribution in [0.2, 0.25) is 0 Å². The third kappa shape index (κ3) is 6.68. The van der Waals surface area contributed by atoms with Crippen molar-refractivity contribution in [1.29, 1.82) is 0 Å². The minimum Gasteiger partial charge on any atom is -0.367 e. The number of benzene rings is 1. The average molecular weight is 570 g/mol. The molecular formula is C24H33F2IN6. The molecule has 0 bridgehead atoms. The summed E-state index contributed by atoms with van der Waals surface area (Å²) >= 11 is 0. The molecule has 1 aromatic heterocycles. The second kappa shape index (κ2) is 11.8. The summed E-state index contributed by atoms with van der Waals surface area (Å²) in [5, 5.41) is 6.74. The van der Waals surface area contributed by atoms with E-state index in [1.54, 1.807) is 7.05 Å². The fraction of sp³-hybridized carbons (Fsp3) is 0.500. The van der Waals surface area contributed by atoms with Crippen LogP contribution in [0.3, 0.4) is 0 Å². The molecule has 0 spiro atoms. The maximum Gasteiger partial charge on any atom is 0.191 e. The number of nitrogens with one attached hydrogen (secondary N) is 2. The third-order valence-electron chi connectivity index (χ3n) is 6.38. The van der Waals surface area contributed by atoms with Crippen molar-refractivity contribution in [2.45, 2.75) is 38.8 Å². The quantitative estimate of drug-likeness (QED) is 0.322. The van der Waals surface area contributed by atoms with Gasteiger partial charge in [0.05, 0.1) is 5.69 Å². The Morgan fingerprint density at radius 2 is 1.85 bits per heavy atom. The first-order chi connectivity index (χ1) is 15.5. The molecule has 2 aliphatic heterocycles. The van der Waals surface area contributed by atoms with E-state index in [1.165, 1.54) is 25.0 Å². The zero-order valence-electron chi connectivity index (χ0n) is 19.2. The first-order valence-corrected chi connectivity index (χ1v) is 11.4. The van der Waals surface area contributed by atoms with Crippen LogP contribution in [-0.2, 0) is 6.54 Å². The molecule has 2 aromatic rings. The molecule has 3 heterocycles. The van der Waals surface area contributed by atoms with Crippen molar-refractivity contribution in [3.05, 3.63) is 53.7 Å². The van der Waals surface area contributed by atoms with Crippen LogP contribution < -0.4 is 20.4 Å². The molecule has 2 N–H and O–H groups in total. The average Bonchev–Trinajstić information content (AvgIpc) is 3.25. The predicted octanol–water partition coefficient (Wildman–Crippen LogP) is 4.16. The zero-order valence-corrected chi connectivity index (χ0v) is 21.6. The molecule has 1 aromatic carbocycles. The molecule has 0 amide bonds. The topological polar surface area (TPSA) is 55.8 Å². The lowest BCUT2D eigenvalue weighted by molar-refractivity contribution is 0.436. The number of halogens is 3. The van der Waals surface area contributed by atoms with E-state index in [1.807, 2.05) is 11.1 Å². The summed E-state index contributed by atoms with van der Waals surface area (Å²) in [5.41, 5.74) is 1.52. The first-order valence-electron chi connectivity index (χ1n) is 11.4. The van der Waals surface area contributed by atoms with Crippen molar-refractivity contribution >= 4 is 41.4 Å². The molecular weight excluding hydrogens is 537 g/mol. The minimum absolute atomic E-state index is 0.